The number of fused-ring (bicyclic) bond motifs is 1. The summed E-state index contributed by atoms with van der Waals surface area (Å²) in [5.41, 5.74) is 1.30. The summed E-state index contributed by atoms with van der Waals surface area (Å²) in [5.74, 6) is 0.0622. The zero-order valence-corrected chi connectivity index (χ0v) is 12.9. The number of nitrogens with one attached hydrogen (secondary N) is 1. The minimum atomic E-state index is 0.0622. The molecule has 5 nitrogen and oxygen atoms in total. The molecule has 2 rings (SSSR count). The fourth-order valence-electron chi connectivity index (χ4n) is 2.06. The van der Waals surface area contributed by atoms with Gasteiger partial charge in [0.2, 0.25) is 11.0 Å². The van der Waals surface area contributed by atoms with Gasteiger partial charge in [0.05, 0.1) is 5.52 Å². The highest BCUT2D eigenvalue weighted by Crippen LogP contribution is 2.38. The van der Waals surface area contributed by atoms with Gasteiger partial charge < -0.3 is 15.0 Å². The Morgan fingerprint density at radius 3 is 2.86 bits per heavy atom. The van der Waals surface area contributed by atoms with E-state index < -0.39 is 0 Å². The van der Waals surface area contributed by atoms with Gasteiger partial charge in [-0.15, -0.1) is 16.8 Å². The van der Waals surface area contributed by atoms with Crippen molar-refractivity contribution in [2.45, 2.75) is 26.4 Å². The summed E-state index contributed by atoms with van der Waals surface area (Å²) < 4.78 is 1.73. The molecule has 0 saturated carbocycles. The molecule has 0 aliphatic carbocycles. The average Bonchev–Trinajstić information content (AvgIpc) is 2.69. The van der Waals surface area contributed by atoms with Gasteiger partial charge in [0.25, 0.3) is 0 Å². The van der Waals surface area contributed by atoms with E-state index in [0.29, 0.717) is 17.3 Å². The molecule has 0 aliphatic rings. The predicted molar refractivity (Wildman–Crippen MR) is 89.2 cm³/mol. The Hall–Kier alpha value is -2.21. The fourth-order valence-corrected chi connectivity index (χ4v) is 2.33. The van der Waals surface area contributed by atoms with Gasteiger partial charge in [-0.3, -0.25) is 0 Å². The molecule has 0 radical (unpaired) electrons. The molecular formula is C15H18N4OS. The van der Waals surface area contributed by atoms with Gasteiger partial charge >= 0.3 is 0 Å². The molecule has 110 valence electrons. The van der Waals surface area contributed by atoms with Crippen LogP contribution in [0.2, 0.25) is 0 Å². The van der Waals surface area contributed by atoms with Crippen LogP contribution in [0.3, 0.4) is 0 Å². The maximum Gasteiger partial charge on any atom is 0.221 e. The van der Waals surface area contributed by atoms with Gasteiger partial charge in [-0.05, 0) is 32.1 Å². The number of allylic oxidation sites excluding steroid dienone is 1. The van der Waals surface area contributed by atoms with E-state index in [1.54, 1.807) is 10.6 Å². The van der Waals surface area contributed by atoms with E-state index in [2.05, 4.69) is 22.1 Å². The van der Waals surface area contributed by atoms with Crippen molar-refractivity contribution in [2.24, 2.45) is 10.2 Å². The number of hydrogen-bond acceptors (Lipinski definition) is 3. The first-order valence-electron chi connectivity index (χ1n) is 6.68. The molecule has 0 atom stereocenters. The van der Waals surface area contributed by atoms with Crippen molar-refractivity contribution >= 4 is 33.9 Å². The number of azo groups is 1. The van der Waals surface area contributed by atoms with Crippen LogP contribution in [-0.4, -0.2) is 20.8 Å². The van der Waals surface area contributed by atoms with Crippen molar-refractivity contribution < 1.29 is 5.11 Å². The molecule has 0 aliphatic heterocycles. The van der Waals surface area contributed by atoms with Gasteiger partial charge in [0, 0.05) is 18.0 Å². The number of thiocarbonyl (C=S) groups is 1. The van der Waals surface area contributed by atoms with Crippen LogP contribution >= 0.6 is 12.2 Å². The maximum atomic E-state index is 10.3. The van der Waals surface area contributed by atoms with Gasteiger partial charge in [0.15, 0.2) is 5.69 Å². The summed E-state index contributed by atoms with van der Waals surface area (Å²) in [7, 11) is 0. The van der Waals surface area contributed by atoms with E-state index in [9.17, 15) is 5.11 Å². The van der Waals surface area contributed by atoms with Gasteiger partial charge in [0.1, 0.15) is 0 Å². The second kappa shape index (κ2) is 6.49. The van der Waals surface area contributed by atoms with Crippen LogP contribution in [0.25, 0.3) is 10.9 Å². The number of aromatic hydroxyl groups is 1. The number of hydrogen-bond donors (Lipinski definition) is 2. The zero-order chi connectivity index (χ0) is 15.4. The molecule has 0 spiro atoms. The molecule has 1 aromatic carbocycles. The van der Waals surface area contributed by atoms with Crippen LogP contribution < -0.4 is 5.32 Å². The molecule has 0 saturated heterocycles. The van der Waals surface area contributed by atoms with Crippen molar-refractivity contribution in [3.8, 4) is 5.88 Å². The van der Waals surface area contributed by atoms with Crippen LogP contribution in [0.1, 0.15) is 13.8 Å². The van der Waals surface area contributed by atoms with Crippen LogP contribution in [-0.2, 0) is 6.54 Å². The van der Waals surface area contributed by atoms with Crippen molar-refractivity contribution in [2.75, 3.05) is 0 Å². The Morgan fingerprint density at radius 1 is 1.48 bits per heavy atom. The Morgan fingerprint density at radius 2 is 2.19 bits per heavy atom. The molecule has 0 unspecified atom stereocenters. The Bertz CT molecular complexity index is 703. The largest absolute Gasteiger partial charge is 0.493 e. The minimum Gasteiger partial charge on any atom is -0.493 e. The number of aromatic nitrogens is 1. The first kappa shape index (κ1) is 15.2. The third-order valence-corrected chi connectivity index (χ3v) is 3.08. The van der Waals surface area contributed by atoms with E-state index in [4.69, 9.17) is 12.2 Å². The number of rotatable bonds is 4. The van der Waals surface area contributed by atoms with E-state index in [1.807, 2.05) is 38.1 Å². The minimum absolute atomic E-state index is 0.0622. The lowest BCUT2D eigenvalue weighted by Crippen LogP contribution is -2.26. The van der Waals surface area contributed by atoms with Crippen LogP contribution in [0.5, 0.6) is 5.88 Å². The van der Waals surface area contributed by atoms with Crippen molar-refractivity contribution in [3.63, 3.8) is 0 Å². The van der Waals surface area contributed by atoms with Crippen LogP contribution in [0, 0.1) is 0 Å². The van der Waals surface area contributed by atoms with Crippen LogP contribution in [0.4, 0.5) is 5.69 Å². The topological polar surface area (TPSA) is 61.9 Å². The monoisotopic (exact) mass is 302 g/mol. The molecule has 0 bridgehead atoms. The normalized spacial score (nSPS) is 11.4. The lowest BCUT2D eigenvalue weighted by Gasteiger charge is -2.05. The molecular weight excluding hydrogens is 284 g/mol. The molecule has 6 heteroatoms. The molecule has 0 fully saturated rings. The maximum absolute atomic E-state index is 10.3. The zero-order valence-electron chi connectivity index (χ0n) is 12.1. The smallest absolute Gasteiger partial charge is 0.221 e. The third kappa shape index (κ3) is 3.28. The summed E-state index contributed by atoms with van der Waals surface area (Å²) in [4.78, 5) is 0. The molecule has 1 heterocycles. The number of benzene rings is 1. The van der Waals surface area contributed by atoms with Crippen molar-refractivity contribution in [3.05, 3.63) is 36.9 Å². The quantitative estimate of drug-likeness (QED) is 0.511. The Balaban J connectivity index is 2.44. The van der Waals surface area contributed by atoms with Crippen molar-refractivity contribution in [1.82, 2.24) is 9.88 Å². The number of nitrogens with zero attached hydrogens (tertiary/aromatic N) is 3. The molecule has 0 amide bonds. The SMILES string of the molecule is C=CCn1c(O)c(N=NC(=S)NC(C)C)c2ccccc21. The standard InChI is InChI=1S/C15H18N4OS/c1-4-9-19-12-8-6-5-7-11(12)13(14(19)20)17-18-15(21)16-10(2)3/h4-8,10,20H,1,9H2,2-3H3,(H,16,21). The van der Waals surface area contributed by atoms with E-state index in [0.717, 1.165) is 10.9 Å². The summed E-state index contributed by atoms with van der Waals surface area (Å²) in [5, 5.41) is 22.5. The molecule has 1 aromatic heterocycles. The highest BCUT2D eigenvalue weighted by atomic mass is 32.1. The Kier molecular flexibility index (Phi) is 4.70. The van der Waals surface area contributed by atoms with Crippen molar-refractivity contribution in [1.29, 1.82) is 0 Å². The summed E-state index contributed by atoms with van der Waals surface area (Å²) in [6.45, 7) is 8.13. The third-order valence-electron chi connectivity index (χ3n) is 2.88. The second-order valence-corrected chi connectivity index (χ2v) is 5.28. The first-order valence-corrected chi connectivity index (χ1v) is 7.08. The highest BCUT2D eigenvalue weighted by Gasteiger charge is 2.15. The van der Waals surface area contributed by atoms with E-state index in [1.165, 1.54) is 0 Å². The molecule has 2 N–H and O–H groups in total. The van der Waals surface area contributed by atoms with Gasteiger partial charge in [-0.2, -0.15) is 0 Å². The summed E-state index contributed by atoms with van der Waals surface area (Å²) in [6.07, 6.45) is 1.72. The lowest BCUT2D eigenvalue weighted by atomic mass is 10.2. The predicted octanol–water partition coefficient (Wildman–Crippen LogP) is 3.90. The molecule has 2 aromatic rings. The van der Waals surface area contributed by atoms with E-state index >= 15 is 0 Å². The summed E-state index contributed by atoms with van der Waals surface area (Å²) in [6, 6.07) is 7.80. The average molecular weight is 302 g/mol. The summed E-state index contributed by atoms with van der Waals surface area (Å²) >= 11 is 5.08. The fraction of sp³-hybridized carbons (Fsp3) is 0.267. The van der Waals surface area contributed by atoms with Crippen LogP contribution in [0.15, 0.2) is 47.1 Å². The number of para-hydroxylation sites is 1. The van der Waals surface area contributed by atoms with E-state index in [-0.39, 0.29) is 11.9 Å². The Labute approximate surface area is 129 Å². The molecule has 21 heavy (non-hydrogen) atoms. The van der Waals surface area contributed by atoms with Gasteiger partial charge in [-0.25, -0.2) is 0 Å². The lowest BCUT2D eigenvalue weighted by molar-refractivity contribution is 0.431. The second-order valence-electron chi connectivity index (χ2n) is 4.89. The first-order chi connectivity index (χ1) is 10.0. The van der Waals surface area contributed by atoms with Gasteiger partial charge in [-0.1, -0.05) is 24.3 Å². The highest BCUT2D eigenvalue weighted by molar-refractivity contribution is 7.80.